The van der Waals surface area contributed by atoms with E-state index in [1.54, 1.807) is 18.2 Å². The van der Waals surface area contributed by atoms with Crippen molar-refractivity contribution < 1.29 is 14.7 Å². The molecule has 0 atom stereocenters. The lowest BCUT2D eigenvalue weighted by molar-refractivity contribution is -0.137. The van der Waals surface area contributed by atoms with E-state index in [1.165, 1.54) is 18.2 Å². The second-order valence-corrected chi connectivity index (χ2v) is 3.22. The summed E-state index contributed by atoms with van der Waals surface area (Å²) in [5, 5.41) is 9.47. The smallest absolute Gasteiger partial charge is 0.253 e. The number of hydrogen-bond donors (Lipinski definition) is 1. The molecule has 0 saturated carbocycles. The third-order valence-corrected chi connectivity index (χ3v) is 2.22. The lowest BCUT2D eigenvalue weighted by Gasteiger charge is -2.14. The van der Waals surface area contributed by atoms with Crippen molar-refractivity contribution in [1.29, 1.82) is 0 Å². The maximum absolute atomic E-state index is 11.2. The number of nitrogens with zero attached hydrogens (tertiary/aromatic N) is 1. The molecule has 2 amide bonds. The molecule has 1 aromatic carbocycles. The zero-order valence-corrected chi connectivity index (χ0v) is 7.88. The number of benzene rings is 1. The fraction of sp³-hybridized carbons (Fsp3) is 0.0909. The highest BCUT2D eigenvalue weighted by molar-refractivity contribution is 6.12. The van der Waals surface area contributed by atoms with Crippen LogP contribution in [0.25, 0.3) is 0 Å². The van der Waals surface area contributed by atoms with Gasteiger partial charge in [0, 0.05) is 17.7 Å². The lowest BCUT2D eigenvalue weighted by atomic mass is 10.2. The summed E-state index contributed by atoms with van der Waals surface area (Å²) >= 11 is 0. The molecule has 0 aromatic heterocycles. The summed E-state index contributed by atoms with van der Waals surface area (Å²) in [5.41, 5.74) is 0.558. The van der Waals surface area contributed by atoms with E-state index in [2.05, 4.69) is 0 Å². The average molecular weight is 203 g/mol. The summed E-state index contributed by atoms with van der Waals surface area (Å²) < 4.78 is 0. The molecule has 15 heavy (non-hydrogen) atoms. The predicted octanol–water partition coefficient (Wildman–Crippen LogP) is 0.817. The highest BCUT2D eigenvalue weighted by atomic mass is 16.3. The Morgan fingerprint density at radius 2 is 1.67 bits per heavy atom. The minimum atomic E-state index is -0.344. The first-order valence-corrected chi connectivity index (χ1v) is 4.49. The van der Waals surface area contributed by atoms with Crippen molar-refractivity contribution in [2.75, 3.05) is 0 Å². The highest BCUT2D eigenvalue weighted by Crippen LogP contribution is 2.19. The van der Waals surface area contributed by atoms with Crippen LogP contribution < -0.4 is 0 Å². The fourth-order valence-electron chi connectivity index (χ4n) is 1.40. The van der Waals surface area contributed by atoms with Gasteiger partial charge >= 0.3 is 0 Å². The van der Waals surface area contributed by atoms with Gasteiger partial charge in [0.2, 0.25) is 0 Å². The van der Waals surface area contributed by atoms with Gasteiger partial charge in [-0.05, 0) is 6.07 Å². The van der Waals surface area contributed by atoms with Crippen LogP contribution in [0.1, 0.15) is 5.56 Å². The Bertz CT molecular complexity index is 433. The summed E-state index contributed by atoms with van der Waals surface area (Å²) in [6, 6.07) is 6.63. The van der Waals surface area contributed by atoms with Crippen LogP contribution in [0.15, 0.2) is 36.4 Å². The van der Waals surface area contributed by atoms with Gasteiger partial charge < -0.3 is 5.11 Å². The SMILES string of the molecule is O=C1C=CC(=O)N1Cc1ccccc1O. The number of phenolic OH excluding ortho intramolecular Hbond substituents is 1. The maximum Gasteiger partial charge on any atom is 0.253 e. The molecular weight excluding hydrogens is 194 g/mol. The third-order valence-electron chi connectivity index (χ3n) is 2.22. The molecule has 4 nitrogen and oxygen atoms in total. The minimum absolute atomic E-state index is 0.0880. The van der Waals surface area contributed by atoms with Crippen molar-refractivity contribution in [2.24, 2.45) is 0 Å². The van der Waals surface area contributed by atoms with Crippen LogP contribution in [-0.4, -0.2) is 21.8 Å². The first kappa shape index (κ1) is 9.45. The molecule has 4 heteroatoms. The minimum Gasteiger partial charge on any atom is -0.508 e. The van der Waals surface area contributed by atoms with Crippen LogP contribution in [-0.2, 0) is 16.1 Å². The Balaban J connectivity index is 2.20. The van der Waals surface area contributed by atoms with E-state index in [-0.39, 0.29) is 24.1 Å². The molecule has 1 aliphatic rings. The molecule has 1 heterocycles. The van der Waals surface area contributed by atoms with E-state index < -0.39 is 0 Å². The van der Waals surface area contributed by atoms with E-state index in [0.717, 1.165) is 4.90 Å². The van der Waals surface area contributed by atoms with Gasteiger partial charge in [-0.1, -0.05) is 18.2 Å². The van der Waals surface area contributed by atoms with Crippen LogP contribution in [0.4, 0.5) is 0 Å². The first-order chi connectivity index (χ1) is 7.18. The highest BCUT2D eigenvalue weighted by Gasteiger charge is 2.23. The van der Waals surface area contributed by atoms with Gasteiger partial charge in [0.15, 0.2) is 0 Å². The number of hydrogen-bond acceptors (Lipinski definition) is 3. The van der Waals surface area contributed by atoms with Crippen molar-refractivity contribution in [2.45, 2.75) is 6.54 Å². The van der Waals surface area contributed by atoms with Gasteiger partial charge in [0.05, 0.1) is 6.54 Å². The third kappa shape index (κ3) is 1.74. The maximum atomic E-state index is 11.2. The van der Waals surface area contributed by atoms with Gasteiger partial charge in [-0.3, -0.25) is 14.5 Å². The summed E-state index contributed by atoms with van der Waals surface area (Å²) in [6.07, 6.45) is 2.45. The molecule has 0 spiro atoms. The monoisotopic (exact) mass is 203 g/mol. The van der Waals surface area contributed by atoms with Crippen molar-refractivity contribution in [1.82, 2.24) is 4.90 Å². The summed E-state index contributed by atoms with van der Waals surface area (Å²) in [5.74, 6) is -0.600. The Labute approximate surface area is 86.4 Å². The number of carbonyl (C=O) groups is 2. The van der Waals surface area contributed by atoms with Crippen LogP contribution in [0.5, 0.6) is 5.75 Å². The van der Waals surface area contributed by atoms with Gasteiger partial charge in [-0.15, -0.1) is 0 Å². The molecule has 0 saturated heterocycles. The van der Waals surface area contributed by atoms with Crippen LogP contribution in [0.3, 0.4) is 0 Å². The van der Waals surface area contributed by atoms with E-state index >= 15 is 0 Å². The second-order valence-electron chi connectivity index (χ2n) is 3.22. The standard InChI is InChI=1S/C11H9NO3/c13-9-4-2-1-3-8(9)7-12-10(14)5-6-11(12)15/h1-6,13H,7H2. The number of phenols is 1. The molecule has 0 unspecified atom stereocenters. The van der Waals surface area contributed by atoms with Crippen LogP contribution in [0, 0.1) is 0 Å². The first-order valence-electron chi connectivity index (χ1n) is 4.49. The average Bonchev–Trinajstić information content (AvgIpc) is 2.53. The van der Waals surface area contributed by atoms with E-state index in [4.69, 9.17) is 0 Å². The number of para-hydroxylation sites is 1. The molecule has 76 valence electrons. The lowest BCUT2D eigenvalue weighted by Crippen LogP contribution is -2.29. The molecule has 0 fully saturated rings. The molecule has 0 aliphatic carbocycles. The number of aromatic hydroxyl groups is 1. The molecule has 0 bridgehead atoms. The van der Waals surface area contributed by atoms with E-state index in [1.807, 2.05) is 0 Å². The van der Waals surface area contributed by atoms with Gasteiger partial charge in [-0.25, -0.2) is 0 Å². The van der Waals surface area contributed by atoms with E-state index in [0.29, 0.717) is 5.56 Å². The zero-order chi connectivity index (χ0) is 10.8. The number of carbonyl (C=O) groups excluding carboxylic acids is 2. The molecule has 1 aromatic rings. The number of imide groups is 1. The Morgan fingerprint density at radius 1 is 1.07 bits per heavy atom. The van der Waals surface area contributed by atoms with Crippen molar-refractivity contribution in [3.63, 3.8) is 0 Å². The topological polar surface area (TPSA) is 57.6 Å². The largest absolute Gasteiger partial charge is 0.508 e. The summed E-state index contributed by atoms with van der Waals surface area (Å²) in [4.78, 5) is 23.6. The summed E-state index contributed by atoms with van der Waals surface area (Å²) in [6.45, 7) is 0.108. The Morgan fingerprint density at radius 3 is 2.27 bits per heavy atom. The number of amides is 2. The van der Waals surface area contributed by atoms with Gasteiger partial charge in [0.25, 0.3) is 11.8 Å². The Kier molecular flexibility index (Phi) is 2.25. The van der Waals surface area contributed by atoms with E-state index in [9.17, 15) is 14.7 Å². The molecule has 1 N–H and O–H groups in total. The summed E-state index contributed by atoms with van der Waals surface area (Å²) in [7, 11) is 0. The molecule has 2 rings (SSSR count). The normalized spacial score (nSPS) is 15.1. The Hall–Kier alpha value is -2.10. The van der Waals surface area contributed by atoms with Crippen molar-refractivity contribution in [3.8, 4) is 5.75 Å². The second kappa shape index (κ2) is 3.57. The van der Waals surface area contributed by atoms with Crippen LogP contribution >= 0.6 is 0 Å². The van der Waals surface area contributed by atoms with Crippen LogP contribution in [0.2, 0.25) is 0 Å². The van der Waals surface area contributed by atoms with Gasteiger partial charge in [-0.2, -0.15) is 0 Å². The molecule has 0 radical (unpaired) electrons. The predicted molar refractivity (Wildman–Crippen MR) is 52.8 cm³/mol. The van der Waals surface area contributed by atoms with Crippen molar-refractivity contribution >= 4 is 11.8 Å². The quantitative estimate of drug-likeness (QED) is 0.724. The number of rotatable bonds is 2. The van der Waals surface area contributed by atoms with Gasteiger partial charge in [0.1, 0.15) is 5.75 Å². The fourth-order valence-corrected chi connectivity index (χ4v) is 1.40. The molecular formula is C11H9NO3. The zero-order valence-electron chi connectivity index (χ0n) is 7.88. The van der Waals surface area contributed by atoms with Crippen molar-refractivity contribution in [3.05, 3.63) is 42.0 Å². The molecule has 1 aliphatic heterocycles.